The van der Waals surface area contributed by atoms with Gasteiger partial charge in [0, 0.05) is 25.7 Å². The second-order valence-corrected chi connectivity index (χ2v) is 33.8. The van der Waals surface area contributed by atoms with Crippen molar-refractivity contribution in [2.24, 2.45) is 17.8 Å². The van der Waals surface area contributed by atoms with Gasteiger partial charge in [-0.2, -0.15) is 0 Å². The van der Waals surface area contributed by atoms with Crippen LogP contribution in [0.15, 0.2) is 0 Å². The molecule has 0 fully saturated rings. The van der Waals surface area contributed by atoms with E-state index in [0.717, 1.165) is 114 Å². The van der Waals surface area contributed by atoms with Crippen LogP contribution in [-0.2, 0) is 65.4 Å². The summed E-state index contributed by atoms with van der Waals surface area (Å²) in [5.41, 5.74) is 0. The van der Waals surface area contributed by atoms with Crippen LogP contribution in [0.1, 0.15) is 427 Å². The minimum atomic E-state index is -4.96. The summed E-state index contributed by atoms with van der Waals surface area (Å²) in [5.74, 6) is 0.272. The van der Waals surface area contributed by atoms with E-state index in [1.165, 1.54) is 231 Å². The molecule has 101 heavy (non-hydrogen) atoms. The van der Waals surface area contributed by atoms with Crippen LogP contribution >= 0.6 is 15.6 Å². The van der Waals surface area contributed by atoms with Crippen molar-refractivity contribution >= 4 is 39.5 Å². The molecule has 0 spiro atoms. The normalized spacial score (nSPS) is 14.0. The van der Waals surface area contributed by atoms with Gasteiger partial charge in [-0.05, 0) is 43.4 Å². The molecule has 0 aromatic heterocycles. The molecule has 0 aliphatic heterocycles. The number of carbonyl (C=O) groups excluding carboxylic acids is 4. The van der Waals surface area contributed by atoms with E-state index in [-0.39, 0.29) is 25.7 Å². The second-order valence-electron chi connectivity index (χ2n) is 30.9. The molecule has 0 aromatic carbocycles. The first-order valence-corrected chi connectivity index (χ1v) is 45.3. The largest absolute Gasteiger partial charge is 0.472 e. The van der Waals surface area contributed by atoms with E-state index in [0.29, 0.717) is 25.7 Å². The lowest BCUT2D eigenvalue weighted by Crippen LogP contribution is -2.30. The van der Waals surface area contributed by atoms with Gasteiger partial charge in [0.15, 0.2) is 12.2 Å². The Kier molecular flexibility index (Phi) is 70.9. The summed E-state index contributed by atoms with van der Waals surface area (Å²) in [6, 6.07) is 0. The fraction of sp³-hybridized carbons (Fsp3) is 0.951. The van der Waals surface area contributed by atoms with Crippen LogP contribution in [0.3, 0.4) is 0 Å². The maximum Gasteiger partial charge on any atom is 0.472 e. The topological polar surface area (TPSA) is 237 Å². The molecule has 0 rings (SSSR count). The fourth-order valence-corrected chi connectivity index (χ4v) is 14.2. The Morgan fingerprint density at radius 3 is 0.673 bits per heavy atom. The van der Waals surface area contributed by atoms with Crippen molar-refractivity contribution in [2.45, 2.75) is 446 Å². The number of hydrogen-bond acceptors (Lipinski definition) is 15. The molecule has 3 N–H and O–H groups in total. The third-order valence-electron chi connectivity index (χ3n) is 19.1. The van der Waals surface area contributed by atoms with Gasteiger partial charge in [-0.15, -0.1) is 0 Å². The number of carbonyl (C=O) groups is 4. The third kappa shape index (κ3) is 76.1. The first-order valence-electron chi connectivity index (χ1n) is 42.3. The molecule has 0 aliphatic rings. The van der Waals surface area contributed by atoms with Crippen LogP contribution in [0, 0.1) is 17.8 Å². The summed E-state index contributed by atoms with van der Waals surface area (Å²) in [4.78, 5) is 72.9. The van der Waals surface area contributed by atoms with Crippen molar-refractivity contribution in [1.82, 2.24) is 0 Å². The molecule has 5 atom stereocenters. The molecule has 0 radical (unpaired) electrons. The zero-order valence-corrected chi connectivity index (χ0v) is 68.2. The van der Waals surface area contributed by atoms with E-state index in [2.05, 4.69) is 48.5 Å². The lowest BCUT2D eigenvalue weighted by atomic mass is 10.0. The minimum Gasteiger partial charge on any atom is -0.462 e. The number of aliphatic hydroxyl groups is 1. The fourth-order valence-electron chi connectivity index (χ4n) is 12.7. The molecule has 0 bridgehead atoms. The van der Waals surface area contributed by atoms with Crippen molar-refractivity contribution in [3.05, 3.63) is 0 Å². The van der Waals surface area contributed by atoms with Crippen LogP contribution in [0.2, 0.25) is 0 Å². The first kappa shape index (κ1) is 99.1. The standard InChI is InChI=1S/C82H160O17P2/c1-8-9-10-11-12-42-49-56-63-79(84)92-69-77(98-82(87)66-59-52-45-38-32-31-35-41-48-55-62-75(6)7)71-96-100(88,89)94-67-76(83)68-95-101(90,91)97-72-78(70-93-80(85)64-57-50-43-36-29-25-21-18-17-20-24-28-34-40-47-54-61-74(4)5)99-81(86)65-58-51-44-37-30-26-22-16-14-13-15-19-23-27-33-39-46-53-60-73(2)3/h73-78,83H,8-72H2,1-7H3,(H,88,89)(H,90,91)/t76-,77+,78+/m0/s1. The minimum absolute atomic E-state index is 0.106. The van der Waals surface area contributed by atoms with Crippen LogP contribution < -0.4 is 0 Å². The van der Waals surface area contributed by atoms with Crippen LogP contribution in [0.5, 0.6) is 0 Å². The molecule has 0 heterocycles. The lowest BCUT2D eigenvalue weighted by Gasteiger charge is -2.21. The number of rotatable bonds is 80. The van der Waals surface area contributed by atoms with Crippen LogP contribution in [-0.4, -0.2) is 96.7 Å². The Morgan fingerprint density at radius 1 is 0.267 bits per heavy atom. The molecule has 0 aromatic rings. The summed E-state index contributed by atoms with van der Waals surface area (Å²) < 4.78 is 68.6. The summed E-state index contributed by atoms with van der Waals surface area (Å²) >= 11 is 0. The molecular weight excluding hydrogens is 1320 g/mol. The zero-order chi connectivity index (χ0) is 74.4. The molecule has 0 saturated heterocycles. The van der Waals surface area contributed by atoms with Gasteiger partial charge in [-0.1, -0.05) is 376 Å². The highest BCUT2D eigenvalue weighted by Crippen LogP contribution is 2.45. The second kappa shape index (κ2) is 72.3. The van der Waals surface area contributed by atoms with Crippen molar-refractivity contribution < 1.29 is 80.2 Å². The predicted octanol–water partition coefficient (Wildman–Crippen LogP) is 24.5. The van der Waals surface area contributed by atoms with Gasteiger partial charge in [0.2, 0.25) is 0 Å². The Hall–Kier alpha value is -1.94. The molecule has 0 saturated carbocycles. The molecule has 17 nitrogen and oxygen atoms in total. The van der Waals surface area contributed by atoms with Gasteiger partial charge in [-0.25, -0.2) is 9.13 Å². The number of esters is 4. The number of phosphoric acid groups is 2. The van der Waals surface area contributed by atoms with Gasteiger partial charge in [0.1, 0.15) is 19.3 Å². The molecule has 19 heteroatoms. The van der Waals surface area contributed by atoms with E-state index < -0.39 is 97.5 Å². The van der Waals surface area contributed by atoms with E-state index >= 15 is 0 Å². The van der Waals surface area contributed by atoms with Gasteiger partial charge in [-0.3, -0.25) is 37.3 Å². The predicted molar refractivity (Wildman–Crippen MR) is 414 cm³/mol. The summed E-state index contributed by atoms with van der Waals surface area (Å²) in [7, 11) is -9.92. The van der Waals surface area contributed by atoms with E-state index in [9.17, 15) is 43.2 Å². The zero-order valence-electron chi connectivity index (χ0n) is 66.4. The Bertz CT molecular complexity index is 1960. The van der Waals surface area contributed by atoms with Crippen LogP contribution in [0.25, 0.3) is 0 Å². The Balaban J connectivity index is 5.19. The highest BCUT2D eigenvalue weighted by molar-refractivity contribution is 7.47. The smallest absolute Gasteiger partial charge is 0.462 e. The van der Waals surface area contributed by atoms with E-state index in [1.807, 2.05) is 0 Å². The van der Waals surface area contributed by atoms with E-state index in [4.69, 9.17) is 37.0 Å². The van der Waals surface area contributed by atoms with Crippen molar-refractivity contribution in [1.29, 1.82) is 0 Å². The number of phosphoric ester groups is 2. The average molecular weight is 1480 g/mol. The monoisotopic (exact) mass is 1480 g/mol. The van der Waals surface area contributed by atoms with Crippen molar-refractivity contribution in [3.8, 4) is 0 Å². The SMILES string of the molecule is CCCCCCCCCCC(=O)OC[C@H](COP(=O)(O)OC[C@H](O)COP(=O)(O)OC[C@@H](COC(=O)CCCCCCCCCCCCCCCCCCC(C)C)OC(=O)CCCCCCCCCCCCCCCCCCCCC(C)C)OC(=O)CCCCCCCCCCCCC(C)C. The number of unbranched alkanes of at least 4 members (excludes halogenated alkanes) is 48. The number of aliphatic hydroxyl groups excluding tert-OH is 1. The number of ether oxygens (including phenoxy) is 4. The Morgan fingerprint density at radius 2 is 0.455 bits per heavy atom. The van der Waals surface area contributed by atoms with Crippen molar-refractivity contribution in [3.63, 3.8) is 0 Å². The molecule has 600 valence electrons. The summed E-state index contributed by atoms with van der Waals surface area (Å²) in [6.07, 6.45) is 61.2. The number of hydrogen-bond donors (Lipinski definition) is 3. The highest BCUT2D eigenvalue weighted by Gasteiger charge is 2.30. The van der Waals surface area contributed by atoms with Gasteiger partial charge >= 0.3 is 39.5 Å². The maximum absolute atomic E-state index is 13.1. The van der Waals surface area contributed by atoms with Gasteiger partial charge < -0.3 is 33.8 Å². The van der Waals surface area contributed by atoms with Crippen molar-refractivity contribution in [2.75, 3.05) is 39.6 Å². The van der Waals surface area contributed by atoms with Gasteiger partial charge in [0.25, 0.3) is 0 Å². The quantitative estimate of drug-likeness (QED) is 0.0222. The van der Waals surface area contributed by atoms with Crippen LogP contribution in [0.4, 0.5) is 0 Å². The average Bonchev–Trinajstić information content (AvgIpc) is 0.932. The maximum atomic E-state index is 13.1. The lowest BCUT2D eigenvalue weighted by molar-refractivity contribution is -0.161. The van der Waals surface area contributed by atoms with Gasteiger partial charge in [0.05, 0.1) is 26.4 Å². The van der Waals surface area contributed by atoms with E-state index in [1.54, 1.807) is 0 Å². The summed E-state index contributed by atoms with van der Waals surface area (Å²) in [5, 5.41) is 10.6. The molecule has 2 unspecified atom stereocenters. The molecule has 0 amide bonds. The molecular formula is C82H160O17P2. The first-order chi connectivity index (χ1) is 48.7. The summed E-state index contributed by atoms with van der Waals surface area (Å²) in [6.45, 7) is 12.0. The third-order valence-corrected chi connectivity index (χ3v) is 21.0. The Labute approximate surface area is 619 Å². The molecule has 0 aliphatic carbocycles. The highest BCUT2D eigenvalue weighted by atomic mass is 31.2.